The van der Waals surface area contributed by atoms with E-state index in [-0.39, 0.29) is 5.54 Å². The molecule has 0 aliphatic heterocycles. The third-order valence-electron chi connectivity index (χ3n) is 3.66. The molecule has 3 heteroatoms. The van der Waals surface area contributed by atoms with Crippen LogP contribution in [0.1, 0.15) is 71.6 Å². The van der Waals surface area contributed by atoms with E-state index < -0.39 is 0 Å². The second-order valence-corrected chi connectivity index (χ2v) is 5.53. The van der Waals surface area contributed by atoms with Gasteiger partial charge in [0.1, 0.15) is 5.54 Å². The number of nitrogens with zero attached hydrogens (tertiary/aromatic N) is 1. The van der Waals surface area contributed by atoms with Crippen LogP contribution in [0, 0.1) is 11.3 Å². The molecule has 1 unspecified atom stereocenters. The molecule has 0 radical (unpaired) electrons. The first kappa shape index (κ1) is 18.4. The highest BCUT2D eigenvalue weighted by Gasteiger charge is 2.19. The standard InChI is InChI=1S/C16H32N2O/c1-4-5-6-7-8-10-13-19-14-11-9-12-16(2,15-17)18-3/h18H,4-14H2,1-3H3. The van der Waals surface area contributed by atoms with Crippen LogP contribution in [-0.2, 0) is 4.74 Å². The Morgan fingerprint density at radius 2 is 1.58 bits per heavy atom. The van der Waals surface area contributed by atoms with E-state index in [4.69, 9.17) is 10.00 Å². The molecular weight excluding hydrogens is 236 g/mol. The predicted molar refractivity (Wildman–Crippen MR) is 81.1 cm³/mol. The van der Waals surface area contributed by atoms with Crippen molar-refractivity contribution in [2.45, 2.75) is 77.2 Å². The largest absolute Gasteiger partial charge is 0.381 e. The SMILES string of the molecule is CCCCCCCCOCCCCC(C)(C#N)NC. The average Bonchev–Trinajstić information content (AvgIpc) is 2.44. The van der Waals surface area contributed by atoms with Crippen molar-refractivity contribution in [2.75, 3.05) is 20.3 Å². The monoisotopic (exact) mass is 268 g/mol. The van der Waals surface area contributed by atoms with Crippen molar-refractivity contribution in [3.05, 3.63) is 0 Å². The molecule has 0 amide bonds. The number of rotatable bonds is 13. The molecule has 0 bridgehead atoms. The van der Waals surface area contributed by atoms with Crippen LogP contribution in [0.3, 0.4) is 0 Å². The van der Waals surface area contributed by atoms with Crippen LogP contribution in [0.5, 0.6) is 0 Å². The van der Waals surface area contributed by atoms with Crippen molar-refractivity contribution in [3.63, 3.8) is 0 Å². The molecule has 0 aliphatic carbocycles. The Bertz CT molecular complexity index is 237. The number of nitriles is 1. The number of hydrogen-bond donors (Lipinski definition) is 1. The van der Waals surface area contributed by atoms with Crippen LogP contribution in [0.25, 0.3) is 0 Å². The quantitative estimate of drug-likeness (QED) is 0.513. The fraction of sp³-hybridized carbons (Fsp3) is 0.938. The van der Waals surface area contributed by atoms with Gasteiger partial charge in [-0.05, 0) is 39.7 Å². The van der Waals surface area contributed by atoms with E-state index in [1.54, 1.807) is 0 Å². The fourth-order valence-electron chi connectivity index (χ4n) is 2.01. The van der Waals surface area contributed by atoms with E-state index in [1.165, 1.54) is 38.5 Å². The van der Waals surface area contributed by atoms with Gasteiger partial charge in [0.25, 0.3) is 0 Å². The first-order valence-electron chi connectivity index (χ1n) is 7.86. The van der Waals surface area contributed by atoms with Gasteiger partial charge in [-0.2, -0.15) is 5.26 Å². The highest BCUT2D eigenvalue weighted by Crippen LogP contribution is 2.12. The molecule has 0 saturated carbocycles. The van der Waals surface area contributed by atoms with Gasteiger partial charge in [0.2, 0.25) is 0 Å². The van der Waals surface area contributed by atoms with Gasteiger partial charge in [-0.1, -0.05) is 39.0 Å². The molecule has 0 rings (SSSR count). The van der Waals surface area contributed by atoms with Gasteiger partial charge in [0, 0.05) is 13.2 Å². The van der Waals surface area contributed by atoms with E-state index in [2.05, 4.69) is 18.3 Å². The normalized spacial score (nSPS) is 14.0. The summed E-state index contributed by atoms with van der Waals surface area (Å²) in [6.07, 6.45) is 10.9. The van der Waals surface area contributed by atoms with Gasteiger partial charge in [-0.25, -0.2) is 0 Å². The molecule has 0 fully saturated rings. The second-order valence-electron chi connectivity index (χ2n) is 5.53. The smallest absolute Gasteiger partial charge is 0.103 e. The summed E-state index contributed by atoms with van der Waals surface area (Å²) in [4.78, 5) is 0. The Morgan fingerprint density at radius 1 is 1.00 bits per heavy atom. The minimum absolute atomic E-state index is 0.376. The molecule has 0 saturated heterocycles. The first-order valence-corrected chi connectivity index (χ1v) is 7.86. The van der Waals surface area contributed by atoms with Crippen molar-refractivity contribution in [2.24, 2.45) is 0 Å². The van der Waals surface area contributed by atoms with Crippen molar-refractivity contribution >= 4 is 0 Å². The van der Waals surface area contributed by atoms with E-state index in [0.29, 0.717) is 0 Å². The highest BCUT2D eigenvalue weighted by atomic mass is 16.5. The zero-order valence-corrected chi connectivity index (χ0v) is 13.1. The molecule has 1 N–H and O–H groups in total. The maximum atomic E-state index is 9.00. The van der Waals surface area contributed by atoms with Crippen molar-refractivity contribution < 1.29 is 4.74 Å². The molecule has 19 heavy (non-hydrogen) atoms. The van der Waals surface area contributed by atoms with E-state index in [1.807, 2.05) is 14.0 Å². The molecule has 0 aromatic heterocycles. The van der Waals surface area contributed by atoms with Gasteiger partial charge >= 0.3 is 0 Å². The third-order valence-corrected chi connectivity index (χ3v) is 3.66. The zero-order valence-electron chi connectivity index (χ0n) is 13.1. The number of unbranched alkanes of at least 4 members (excludes halogenated alkanes) is 6. The average molecular weight is 268 g/mol. The van der Waals surface area contributed by atoms with Crippen LogP contribution < -0.4 is 5.32 Å². The minimum Gasteiger partial charge on any atom is -0.381 e. The van der Waals surface area contributed by atoms with Gasteiger partial charge < -0.3 is 10.1 Å². The number of hydrogen-bond acceptors (Lipinski definition) is 3. The maximum absolute atomic E-state index is 9.00. The van der Waals surface area contributed by atoms with Crippen molar-refractivity contribution in [1.29, 1.82) is 5.26 Å². The summed E-state index contributed by atoms with van der Waals surface area (Å²) in [5.74, 6) is 0. The fourth-order valence-corrected chi connectivity index (χ4v) is 2.01. The highest BCUT2D eigenvalue weighted by molar-refractivity contribution is 5.02. The van der Waals surface area contributed by atoms with Crippen molar-refractivity contribution in [3.8, 4) is 6.07 Å². The molecule has 112 valence electrons. The molecule has 0 heterocycles. The maximum Gasteiger partial charge on any atom is 0.103 e. The van der Waals surface area contributed by atoms with Crippen LogP contribution in [0.2, 0.25) is 0 Å². The summed E-state index contributed by atoms with van der Waals surface area (Å²) in [5.41, 5.74) is -0.376. The lowest BCUT2D eigenvalue weighted by Crippen LogP contribution is -2.37. The molecule has 3 nitrogen and oxygen atoms in total. The first-order chi connectivity index (χ1) is 9.18. The lowest BCUT2D eigenvalue weighted by molar-refractivity contribution is 0.124. The zero-order chi connectivity index (χ0) is 14.4. The predicted octanol–water partition coefficient (Wildman–Crippen LogP) is 4.04. The van der Waals surface area contributed by atoms with Crippen LogP contribution in [0.15, 0.2) is 0 Å². The van der Waals surface area contributed by atoms with Crippen LogP contribution >= 0.6 is 0 Å². The molecule has 1 atom stereocenters. The van der Waals surface area contributed by atoms with Gasteiger partial charge in [-0.3, -0.25) is 0 Å². The summed E-state index contributed by atoms with van der Waals surface area (Å²) in [5, 5.41) is 12.1. The lowest BCUT2D eigenvalue weighted by Gasteiger charge is -2.20. The second kappa shape index (κ2) is 12.4. The molecule has 0 aromatic carbocycles. The van der Waals surface area contributed by atoms with E-state index >= 15 is 0 Å². The summed E-state index contributed by atoms with van der Waals surface area (Å²) >= 11 is 0. The molecule has 0 spiro atoms. The topological polar surface area (TPSA) is 45.0 Å². The summed E-state index contributed by atoms with van der Waals surface area (Å²) in [7, 11) is 1.85. The molecule has 0 aliphatic rings. The number of nitrogens with one attached hydrogen (secondary N) is 1. The number of ether oxygens (including phenoxy) is 1. The third kappa shape index (κ3) is 11.0. The van der Waals surface area contributed by atoms with Gasteiger partial charge in [0.15, 0.2) is 0 Å². The Labute approximate surface area is 119 Å². The Kier molecular flexibility index (Phi) is 12.1. The lowest BCUT2D eigenvalue weighted by atomic mass is 9.97. The van der Waals surface area contributed by atoms with Gasteiger partial charge in [0.05, 0.1) is 6.07 Å². The van der Waals surface area contributed by atoms with Gasteiger partial charge in [-0.15, -0.1) is 0 Å². The summed E-state index contributed by atoms with van der Waals surface area (Å²) < 4.78 is 5.62. The summed E-state index contributed by atoms with van der Waals surface area (Å²) in [6.45, 7) is 5.92. The Morgan fingerprint density at radius 3 is 2.16 bits per heavy atom. The Balaban J connectivity index is 3.22. The molecule has 0 aromatic rings. The summed E-state index contributed by atoms with van der Waals surface area (Å²) in [6, 6.07) is 2.31. The van der Waals surface area contributed by atoms with Crippen LogP contribution in [-0.4, -0.2) is 25.8 Å². The molecular formula is C16H32N2O. The van der Waals surface area contributed by atoms with Crippen molar-refractivity contribution in [1.82, 2.24) is 5.32 Å². The van der Waals surface area contributed by atoms with E-state index in [0.717, 1.165) is 32.5 Å². The minimum atomic E-state index is -0.376. The van der Waals surface area contributed by atoms with Crippen LogP contribution in [0.4, 0.5) is 0 Å². The Hall–Kier alpha value is -0.590. The van der Waals surface area contributed by atoms with E-state index in [9.17, 15) is 0 Å².